The third-order valence-electron chi connectivity index (χ3n) is 2.01. The van der Waals surface area contributed by atoms with Crippen LogP contribution in [0.3, 0.4) is 0 Å². The fourth-order valence-electron chi connectivity index (χ4n) is 1.33. The van der Waals surface area contributed by atoms with E-state index in [0.717, 1.165) is 11.3 Å². The van der Waals surface area contributed by atoms with Crippen LogP contribution in [-0.4, -0.2) is 17.1 Å². The first-order chi connectivity index (χ1) is 6.27. The number of rotatable bonds is 1. The molecule has 1 unspecified atom stereocenters. The summed E-state index contributed by atoms with van der Waals surface area (Å²) in [5, 5.41) is 11.7. The van der Waals surface area contributed by atoms with Crippen molar-refractivity contribution in [2.45, 2.75) is 6.04 Å². The van der Waals surface area contributed by atoms with E-state index >= 15 is 0 Å². The molecule has 1 atom stereocenters. The summed E-state index contributed by atoms with van der Waals surface area (Å²) in [5.74, 6) is -0.856. The molecule has 0 saturated carbocycles. The Labute approximate surface area is 87.9 Å². The number of carboxylic acids is 1. The fourth-order valence-corrected chi connectivity index (χ4v) is 1.33. The van der Waals surface area contributed by atoms with E-state index in [1.807, 2.05) is 30.3 Å². The number of hydrogen-bond acceptors (Lipinski definition) is 2. The van der Waals surface area contributed by atoms with Gasteiger partial charge in [0.1, 0.15) is 6.04 Å². The molecule has 0 fully saturated rings. The summed E-state index contributed by atoms with van der Waals surface area (Å²) in [6, 6.07) is 7.01. The lowest BCUT2D eigenvalue weighted by Gasteiger charge is -2.18. The molecule has 2 N–H and O–H groups in total. The Hall–Kier alpha value is -1.48. The van der Waals surface area contributed by atoms with Gasteiger partial charge in [0.15, 0.2) is 0 Å². The van der Waals surface area contributed by atoms with E-state index in [4.69, 9.17) is 5.11 Å². The lowest BCUT2D eigenvalue weighted by molar-refractivity contribution is -0.136. The van der Waals surface area contributed by atoms with Crippen LogP contribution in [0.1, 0.15) is 5.56 Å². The number of hydrogen-bond donors (Lipinski definition) is 2. The number of halogens is 1. The fraction of sp³-hybridized carbons (Fsp3) is 0.100. The van der Waals surface area contributed by atoms with E-state index in [1.165, 1.54) is 0 Å². The van der Waals surface area contributed by atoms with Crippen molar-refractivity contribution in [1.82, 2.24) is 0 Å². The second kappa shape index (κ2) is 4.15. The van der Waals surface area contributed by atoms with Gasteiger partial charge >= 0.3 is 5.97 Å². The van der Waals surface area contributed by atoms with E-state index in [2.05, 4.69) is 5.32 Å². The largest absolute Gasteiger partial charge is 0.479 e. The zero-order valence-electron chi connectivity index (χ0n) is 7.31. The lowest BCUT2D eigenvalue weighted by atomic mass is 10.1. The molecule has 0 bridgehead atoms. The van der Waals surface area contributed by atoms with Crippen LogP contribution in [0.5, 0.6) is 0 Å². The molecule has 0 aromatic heterocycles. The van der Waals surface area contributed by atoms with E-state index in [0.29, 0.717) is 0 Å². The van der Waals surface area contributed by atoms with Gasteiger partial charge in [-0.1, -0.05) is 30.4 Å². The Morgan fingerprint density at radius 3 is 2.79 bits per heavy atom. The highest BCUT2D eigenvalue weighted by Crippen LogP contribution is 2.22. The van der Waals surface area contributed by atoms with E-state index < -0.39 is 12.0 Å². The van der Waals surface area contributed by atoms with E-state index in [-0.39, 0.29) is 12.4 Å². The summed E-state index contributed by atoms with van der Waals surface area (Å²) in [5.41, 5.74) is 1.90. The van der Waals surface area contributed by atoms with Crippen LogP contribution >= 0.6 is 12.4 Å². The molecule has 1 aromatic carbocycles. The van der Waals surface area contributed by atoms with Gasteiger partial charge in [0.05, 0.1) is 0 Å². The Balaban J connectivity index is 0.000000980. The number of para-hydroxylation sites is 1. The number of carbonyl (C=O) groups is 1. The van der Waals surface area contributed by atoms with Crippen LogP contribution in [0.4, 0.5) is 5.69 Å². The predicted molar refractivity (Wildman–Crippen MR) is 57.8 cm³/mol. The Morgan fingerprint density at radius 2 is 2.07 bits per heavy atom. The van der Waals surface area contributed by atoms with Crippen molar-refractivity contribution < 1.29 is 9.90 Å². The van der Waals surface area contributed by atoms with Gasteiger partial charge in [-0.2, -0.15) is 0 Å². The van der Waals surface area contributed by atoms with Crippen LogP contribution < -0.4 is 5.32 Å². The third kappa shape index (κ3) is 1.88. The van der Waals surface area contributed by atoms with Crippen LogP contribution in [0, 0.1) is 0 Å². The Bertz CT molecular complexity index is 376. The van der Waals surface area contributed by atoms with Crippen molar-refractivity contribution in [2.75, 3.05) is 5.32 Å². The molecule has 1 heterocycles. The summed E-state index contributed by atoms with van der Waals surface area (Å²) in [7, 11) is 0. The van der Waals surface area contributed by atoms with Gasteiger partial charge in [0.2, 0.25) is 0 Å². The van der Waals surface area contributed by atoms with Crippen LogP contribution in [-0.2, 0) is 4.79 Å². The number of benzene rings is 1. The first-order valence-electron chi connectivity index (χ1n) is 4.04. The molecule has 2 rings (SSSR count). The molecule has 1 aliphatic rings. The normalized spacial score (nSPS) is 17.6. The average Bonchev–Trinajstić information content (AvgIpc) is 2.17. The molecular weight excluding hydrogens is 202 g/mol. The summed E-state index contributed by atoms with van der Waals surface area (Å²) in [4.78, 5) is 10.7. The molecule has 0 saturated heterocycles. The summed E-state index contributed by atoms with van der Waals surface area (Å²) in [6.07, 6.45) is 3.47. The molecular formula is C10H10ClNO2. The molecule has 0 spiro atoms. The van der Waals surface area contributed by atoms with Crippen molar-refractivity contribution in [1.29, 1.82) is 0 Å². The van der Waals surface area contributed by atoms with Gasteiger partial charge in [0, 0.05) is 5.69 Å². The minimum absolute atomic E-state index is 0. The number of fused-ring (bicyclic) bond motifs is 1. The minimum atomic E-state index is -0.856. The Morgan fingerprint density at radius 1 is 1.36 bits per heavy atom. The number of anilines is 1. The summed E-state index contributed by atoms with van der Waals surface area (Å²) < 4.78 is 0. The first-order valence-corrected chi connectivity index (χ1v) is 4.04. The second-order valence-corrected chi connectivity index (χ2v) is 2.91. The monoisotopic (exact) mass is 211 g/mol. The quantitative estimate of drug-likeness (QED) is 0.747. The maximum absolute atomic E-state index is 10.7. The molecule has 0 aliphatic carbocycles. The van der Waals surface area contributed by atoms with Crippen molar-refractivity contribution in [3.05, 3.63) is 35.9 Å². The molecule has 0 amide bonds. The first kappa shape index (κ1) is 10.6. The topological polar surface area (TPSA) is 49.3 Å². The maximum Gasteiger partial charge on any atom is 0.330 e. The SMILES string of the molecule is Cl.O=C(O)C1C=Cc2ccccc2N1. The zero-order valence-corrected chi connectivity index (χ0v) is 8.12. The number of nitrogens with one attached hydrogen (secondary N) is 1. The van der Waals surface area contributed by atoms with E-state index in [1.54, 1.807) is 6.08 Å². The molecule has 3 nitrogen and oxygen atoms in total. The number of aliphatic carboxylic acids is 1. The molecule has 1 aliphatic heterocycles. The van der Waals surface area contributed by atoms with Gasteiger partial charge in [-0.3, -0.25) is 0 Å². The van der Waals surface area contributed by atoms with Crippen molar-refractivity contribution in [3.8, 4) is 0 Å². The lowest BCUT2D eigenvalue weighted by Crippen LogP contribution is -2.28. The highest BCUT2D eigenvalue weighted by molar-refractivity contribution is 5.86. The molecule has 1 aromatic rings. The van der Waals surface area contributed by atoms with Crippen LogP contribution in [0.25, 0.3) is 6.08 Å². The minimum Gasteiger partial charge on any atom is -0.479 e. The average molecular weight is 212 g/mol. The predicted octanol–water partition coefficient (Wildman–Crippen LogP) is 2.00. The van der Waals surface area contributed by atoms with Crippen LogP contribution in [0.2, 0.25) is 0 Å². The maximum atomic E-state index is 10.7. The van der Waals surface area contributed by atoms with Gasteiger partial charge in [-0.05, 0) is 11.6 Å². The van der Waals surface area contributed by atoms with E-state index in [9.17, 15) is 4.79 Å². The molecule has 0 radical (unpaired) electrons. The molecule has 74 valence electrons. The van der Waals surface area contributed by atoms with Crippen molar-refractivity contribution in [3.63, 3.8) is 0 Å². The highest BCUT2D eigenvalue weighted by Gasteiger charge is 2.17. The van der Waals surface area contributed by atoms with Crippen LogP contribution in [0.15, 0.2) is 30.3 Å². The van der Waals surface area contributed by atoms with Gasteiger partial charge in [-0.25, -0.2) is 4.79 Å². The molecule has 14 heavy (non-hydrogen) atoms. The molecule has 4 heteroatoms. The Kier molecular flexibility index (Phi) is 3.14. The van der Waals surface area contributed by atoms with Crippen molar-refractivity contribution in [2.24, 2.45) is 0 Å². The third-order valence-corrected chi connectivity index (χ3v) is 2.01. The summed E-state index contributed by atoms with van der Waals surface area (Å²) >= 11 is 0. The van der Waals surface area contributed by atoms with Gasteiger partial charge in [-0.15, -0.1) is 12.4 Å². The number of carboxylic acid groups (broad SMARTS) is 1. The van der Waals surface area contributed by atoms with Gasteiger partial charge in [0.25, 0.3) is 0 Å². The second-order valence-electron chi connectivity index (χ2n) is 2.91. The smallest absolute Gasteiger partial charge is 0.330 e. The van der Waals surface area contributed by atoms with Gasteiger partial charge < -0.3 is 10.4 Å². The highest BCUT2D eigenvalue weighted by atomic mass is 35.5. The summed E-state index contributed by atoms with van der Waals surface area (Å²) in [6.45, 7) is 0. The van der Waals surface area contributed by atoms with Crippen molar-refractivity contribution >= 4 is 30.1 Å². The standard InChI is InChI=1S/C10H9NO2.ClH/c12-10(13)9-6-5-7-3-1-2-4-8(7)11-9;/h1-6,9,11H,(H,12,13);1H. The zero-order chi connectivity index (χ0) is 9.26.